The van der Waals surface area contributed by atoms with Crippen molar-refractivity contribution >= 4 is 32.9 Å². The van der Waals surface area contributed by atoms with Crippen LogP contribution < -0.4 is 5.32 Å². The maximum Gasteiger partial charge on any atom is 0.129 e. The number of rotatable bonds is 0. The van der Waals surface area contributed by atoms with E-state index in [-0.39, 0.29) is 22.8 Å². The minimum Gasteiger partial charge on any atom is -0.308 e. The topological polar surface area (TPSA) is 12.0 Å². The van der Waals surface area contributed by atoms with Crippen molar-refractivity contribution in [3.05, 3.63) is 33.5 Å². The predicted octanol–water partition coefficient (Wildman–Crippen LogP) is 2.77. The van der Waals surface area contributed by atoms with Crippen LogP contribution in [0.25, 0.3) is 0 Å². The lowest BCUT2D eigenvalue weighted by molar-refractivity contribution is 0.607. The molecule has 0 atom stereocenters. The molecule has 1 aromatic rings. The molecule has 2 rings (SSSR count). The normalized spacial score (nSPS) is 13.8. The van der Waals surface area contributed by atoms with Gasteiger partial charge in [-0.3, -0.25) is 0 Å². The first-order valence-electron chi connectivity index (χ1n) is 3.45. The smallest absolute Gasteiger partial charge is 0.129 e. The van der Waals surface area contributed by atoms with Crippen LogP contribution in [0.1, 0.15) is 11.1 Å². The van der Waals surface area contributed by atoms with Gasteiger partial charge in [-0.25, -0.2) is 4.39 Å². The van der Waals surface area contributed by atoms with Crippen molar-refractivity contribution in [1.82, 2.24) is 5.32 Å². The van der Waals surface area contributed by atoms with Crippen molar-refractivity contribution in [1.29, 1.82) is 0 Å². The van der Waals surface area contributed by atoms with Gasteiger partial charge in [-0.2, -0.15) is 0 Å². The molecule has 0 bridgehead atoms. The Kier molecular flexibility index (Phi) is 3.26. The second kappa shape index (κ2) is 3.85. The molecule has 0 saturated heterocycles. The standard InChI is InChI=1S/C8H7BrFN.BrH/c9-6-1-5-3-11-4-7(5)8(10)2-6;/h1-2,11H,3-4H2;1H. The monoisotopic (exact) mass is 295 g/mol. The first kappa shape index (κ1) is 10.2. The molecule has 0 amide bonds. The molecule has 1 aliphatic rings. The quantitative estimate of drug-likeness (QED) is 0.776. The Hall–Kier alpha value is 0.0700. The molecule has 0 fully saturated rings. The summed E-state index contributed by atoms with van der Waals surface area (Å²) in [5, 5.41) is 3.09. The van der Waals surface area contributed by atoms with Crippen LogP contribution >= 0.6 is 32.9 Å². The van der Waals surface area contributed by atoms with E-state index >= 15 is 0 Å². The number of hydrogen-bond acceptors (Lipinski definition) is 1. The van der Waals surface area contributed by atoms with E-state index in [0.717, 1.165) is 22.1 Å². The van der Waals surface area contributed by atoms with E-state index in [9.17, 15) is 4.39 Å². The average molecular weight is 297 g/mol. The van der Waals surface area contributed by atoms with Crippen LogP contribution in [0.5, 0.6) is 0 Å². The third kappa shape index (κ3) is 1.70. The SMILES string of the molecule is Br.Fc1cc(Br)cc2c1CNC2. The number of nitrogens with one attached hydrogen (secondary N) is 1. The van der Waals surface area contributed by atoms with Crippen LogP contribution in [0.2, 0.25) is 0 Å². The van der Waals surface area contributed by atoms with Crippen molar-refractivity contribution in [2.75, 3.05) is 0 Å². The minimum atomic E-state index is -0.112. The highest BCUT2D eigenvalue weighted by atomic mass is 79.9. The minimum absolute atomic E-state index is 0. The Morgan fingerprint density at radius 1 is 1.33 bits per heavy atom. The molecule has 4 heteroatoms. The van der Waals surface area contributed by atoms with Crippen LogP contribution in [0.4, 0.5) is 4.39 Å². The van der Waals surface area contributed by atoms with Gasteiger partial charge in [0.2, 0.25) is 0 Å². The Morgan fingerprint density at radius 3 is 2.83 bits per heavy atom. The number of hydrogen-bond donors (Lipinski definition) is 1. The second-order valence-corrected chi connectivity index (χ2v) is 3.54. The van der Waals surface area contributed by atoms with E-state index in [4.69, 9.17) is 0 Å². The molecule has 0 aromatic heterocycles. The molecular formula is C8H8Br2FN. The van der Waals surface area contributed by atoms with Gasteiger partial charge in [0.25, 0.3) is 0 Å². The summed E-state index contributed by atoms with van der Waals surface area (Å²) in [6.07, 6.45) is 0. The van der Waals surface area contributed by atoms with Gasteiger partial charge in [0.15, 0.2) is 0 Å². The van der Waals surface area contributed by atoms with Gasteiger partial charge in [0, 0.05) is 23.1 Å². The number of benzene rings is 1. The van der Waals surface area contributed by atoms with Gasteiger partial charge in [0.1, 0.15) is 5.82 Å². The third-order valence-electron chi connectivity index (χ3n) is 1.87. The molecule has 1 aliphatic heterocycles. The first-order chi connectivity index (χ1) is 5.27. The van der Waals surface area contributed by atoms with Crippen molar-refractivity contribution in [2.24, 2.45) is 0 Å². The molecule has 0 unspecified atom stereocenters. The van der Waals surface area contributed by atoms with Crippen molar-refractivity contribution in [3.8, 4) is 0 Å². The fraction of sp³-hybridized carbons (Fsp3) is 0.250. The van der Waals surface area contributed by atoms with Crippen molar-refractivity contribution in [2.45, 2.75) is 13.1 Å². The molecule has 66 valence electrons. The number of fused-ring (bicyclic) bond motifs is 1. The van der Waals surface area contributed by atoms with Gasteiger partial charge in [-0.1, -0.05) is 15.9 Å². The maximum atomic E-state index is 13.1. The third-order valence-corrected chi connectivity index (χ3v) is 2.33. The van der Waals surface area contributed by atoms with Crippen molar-refractivity contribution in [3.63, 3.8) is 0 Å². The largest absolute Gasteiger partial charge is 0.308 e. The summed E-state index contributed by atoms with van der Waals surface area (Å²) < 4.78 is 13.9. The fourth-order valence-corrected chi connectivity index (χ4v) is 1.81. The van der Waals surface area contributed by atoms with Gasteiger partial charge < -0.3 is 5.32 Å². The molecule has 1 heterocycles. The lowest BCUT2D eigenvalue weighted by Gasteiger charge is -1.99. The van der Waals surface area contributed by atoms with Gasteiger partial charge in [-0.15, -0.1) is 17.0 Å². The molecule has 1 nitrogen and oxygen atoms in total. The molecule has 1 aromatic carbocycles. The molecule has 12 heavy (non-hydrogen) atoms. The van der Waals surface area contributed by atoms with E-state index in [0.29, 0.717) is 6.54 Å². The van der Waals surface area contributed by atoms with E-state index < -0.39 is 0 Å². The zero-order chi connectivity index (χ0) is 7.84. The van der Waals surface area contributed by atoms with E-state index in [1.165, 1.54) is 6.07 Å². The first-order valence-corrected chi connectivity index (χ1v) is 4.24. The lowest BCUT2D eigenvalue weighted by Crippen LogP contribution is -2.00. The van der Waals surface area contributed by atoms with Gasteiger partial charge in [-0.05, 0) is 17.7 Å². The Balaban J connectivity index is 0.000000720. The molecule has 1 N–H and O–H groups in total. The molecule has 0 saturated carbocycles. The van der Waals surface area contributed by atoms with Crippen LogP contribution in [-0.4, -0.2) is 0 Å². The molecular weight excluding hydrogens is 289 g/mol. The summed E-state index contributed by atoms with van der Waals surface area (Å²) in [4.78, 5) is 0. The highest BCUT2D eigenvalue weighted by molar-refractivity contribution is 9.10. The van der Waals surface area contributed by atoms with Crippen molar-refractivity contribution < 1.29 is 4.39 Å². The summed E-state index contributed by atoms with van der Waals surface area (Å²) in [6, 6.07) is 3.46. The summed E-state index contributed by atoms with van der Waals surface area (Å²) in [5.74, 6) is -0.112. The molecule has 0 radical (unpaired) electrons. The zero-order valence-corrected chi connectivity index (χ0v) is 9.53. The predicted molar refractivity (Wildman–Crippen MR) is 55.0 cm³/mol. The Morgan fingerprint density at radius 2 is 2.08 bits per heavy atom. The zero-order valence-electron chi connectivity index (χ0n) is 6.23. The second-order valence-electron chi connectivity index (χ2n) is 2.63. The van der Waals surface area contributed by atoms with Crippen LogP contribution in [0.15, 0.2) is 16.6 Å². The fourth-order valence-electron chi connectivity index (χ4n) is 1.33. The van der Waals surface area contributed by atoms with Gasteiger partial charge in [0.05, 0.1) is 0 Å². The van der Waals surface area contributed by atoms with Crippen LogP contribution in [-0.2, 0) is 13.1 Å². The maximum absolute atomic E-state index is 13.1. The average Bonchev–Trinajstić information content (AvgIpc) is 2.34. The van der Waals surface area contributed by atoms with E-state index in [2.05, 4.69) is 21.2 Å². The molecule has 0 aliphatic carbocycles. The Labute approximate surface area is 89.3 Å². The van der Waals surface area contributed by atoms with Gasteiger partial charge >= 0.3 is 0 Å². The lowest BCUT2D eigenvalue weighted by atomic mass is 10.1. The number of halogens is 3. The Bertz CT molecular complexity index is 301. The van der Waals surface area contributed by atoms with E-state index in [1.54, 1.807) is 0 Å². The molecule has 0 spiro atoms. The highest BCUT2D eigenvalue weighted by Crippen LogP contribution is 2.23. The summed E-state index contributed by atoms with van der Waals surface area (Å²) in [5.41, 5.74) is 1.88. The van der Waals surface area contributed by atoms with Crippen LogP contribution in [0.3, 0.4) is 0 Å². The summed E-state index contributed by atoms with van der Waals surface area (Å²) >= 11 is 3.25. The van der Waals surface area contributed by atoms with Crippen LogP contribution in [0, 0.1) is 5.82 Å². The highest BCUT2D eigenvalue weighted by Gasteiger charge is 2.14. The summed E-state index contributed by atoms with van der Waals surface area (Å²) in [6.45, 7) is 1.44. The summed E-state index contributed by atoms with van der Waals surface area (Å²) in [7, 11) is 0. The van der Waals surface area contributed by atoms with E-state index in [1.807, 2.05) is 6.07 Å².